The normalized spacial score (nSPS) is 14.1. The first-order chi connectivity index (χ1) is 68.2. The van der Waals surface area contributed by atoms with Crippen molar-refractivity contribution in [3.05, 3.63) is 0 Å². The quantitative estimate of drug-likeness (QED) is 0.0153. The summed E-state index contributed by atoms with van der Waals surface area (Å²) >= 11 is 0. The number of hydrogen-bond donors (Lipinski definition) is 47. The van der Waals surface area contributed by atoms with Crippen molar-refractivity contribution < 1.29 is 102 Å². The lowest BCUT2D eigenvalue weighted by Gasteiger charge is -2.29. The molecule has 0 unspecified atom stereocenters. The molecule has 16 atom stereocenters. The van der Waals surface area contributed by atoms with Crippen LogP contribution in [0.2, 0.25) is 0 Å². The van der Waals surface area contributed by atoms with Crippen molar-refractivity contribution >= 4 is 154 Å². The molecule has 64 heteroatoms. The number of hydrogen-bond acceptors (Lipinski definition) is 29. The molecular weight excluding hydrogens is 1910 g/mol. The van der Waals surface area contributed by atoms with Gasteiger partial charge in [-0.3, -0.25) is 125 Å². The maximum absolute atomic E-state index is 15.2. The molecule has 145 heavy (non-hydrogen) atoms. The molecule has 0 bridgehead atoms. The highest BCUT2D eigenvalue weighted by Gasteiger charge is 2.40. The topological polar surface area (TPSA) is 1150 Å². The minimum absolute atomic E-state index is 0.0185. The summed E-state index contributed by atoms with van der Waals surface area (Å²) < 4.78 is 0. The van der Waals surface area contributed by atoms with Crippen LogP contribution in [-0.4, -0.2) is 337 Å². The van der Waals surface area contributed by atoms with Gasteiger partial charge in [0.25, 0.3) is 0 Å². The smallest absolute Gasteiger partial charge is 0.326 e. The van der Waals surface area contributed by atoms with E-state index in [0.717, 1.165) is 0 Å². The number of aliphatic hydroxyl groups excluding tert-OH is 2. The lowest BCUT2D eigenvalue weighted by molar-refractivity contribution is -0.143. The minimum Gasteiger partial charge on any atom is -0.481 e. The number of carboxylic acids is 2. The van der Waals surface area contributed by atoms with Crippen molar-refractivity contribution in [1.29, 1.82) is 48.7 Å². The van der Waals surface area contributed by atoms with Crippen LogP contribution in [0.3, 0.4) is 0 Å². The van der Waals surface area contributed by atoms with E-state index in [1.165, 1.54) is 20.8 Å². The highest BCUT2D eigenvalue weighted by molar-refractivity contribution is 6.01. The fourth-order valence-electron chi connectivity index (χ4n) is 13.5. The molecule has 0 aromatic rings. The van der Waals surface area contributed by atoms with Gasteiger partial charge in [0.1, 0.15) is 84.6 Å². The van der Waals surface area contributed by atoms with Gasteiger partial charge < -0.3 is 206 Å². The van der Waals surface area contributed by atoms with Crippen LogP contribution in [-0.2, 0) is 81.5 Å². The molecule has 0 rings (SSSR count). The third kappa shape index (κ3) is 58.3. The van der Waals surface area contributed by atoms with Crippen molar-refractivity contribution in [3.63, 3.8) is 0 Å². The van der Waals surface area contributed by atoms with E-state index in [4.69, 9.17) is 112 Å². The average Bonchev–Trinajstić information content (AvgIpc) is 0.857. The molecule has 0 heterocycles. The number of amides is 15. The first-order valence-corrected chi connectivity index (χ1v) is 46.9. The van der Waals surface area contributed by atoms with Gasteiger partial charge in [0.15, 0.2) is 53.6 Å². The van der Waals surface area contributed by atoms with E-state index in [1.807, 2.05) is 0 Å². The molecular formula is C81H155N43O21. The van der Waals surface area contributed by atoms with Crippen molar-refractivity contribution in [2.45, 2.75) is 266 Å². The SMILES string of the molecule is CC[C@H](C)[C@H](NC(=O)[C@H](CCC(=O)O)NC(=O)[C@H](CO)NC(=O)[C@@H](NC(=O)[C@H](CO)NC(=O)[C@H](CCCNC(=N)N)NC(=O)[C@H](CCCNC(=N)N)NC(=O)[C@H](CCCNC(=N)N)NC(=O)[C@H](CCCNC(=N)N)NC(=O)[C@H](CCCNC(=N)N)NC(=O)[C@H](CCCNC(=N)N)NC(=O)[C@H](CCCNC(=N)N)NC(=O)[C@H](CCCNC(=N)N)NC(=O)[C@@H](N)CCCNC(=N)N)C(C)C)C(=O)N[C@@H](CCC(N)=O)C(=O)O. The van der Waals surface area contributed by atoms with Crippen LogP contribution in [0.5, 0.6) is 0 Å². The van der Waals surface area contributed by atoms with Crippen molar-refractivity contribution in [3.8, 4) is 0 Å². The number of aliphatic carboxylic acids is 2. The Morgan fingerprint density at radius 3 is 0.648 bits per heavy atom. The summed E-state index contributed by atoms with van der Waals surface area (Å²) in [5, 5.41) is 167. The van der Waals surface area contributed by atoms with Gasteiger partial charge in [-0.05, 0) is 140 Å². The number of aliphatic hydroxyl groups is 2. The predicted octanol–water partition coefficient (Wildman–Crippen LogP) is -15.6. The zero-order valence-corrected chi connectivity index (χ0v) is 81.9. The monoisotopic (exact) mass is 2070 g/mol. The number of primary amides is 1. The highest BCUT2D eigenvalue weighted by Crippen LogP contribution is 2.16. The molecule has 0 saturated carbocycles. The average molecular weight is 2070 g/mol. The summed E-state index contributed by atoms with van der Waals surface area (Å²) in [5.74, 6) is -25.4. The van der Waals surface area contributed by atoms with E-state index in [9.17, 15) is 82.8 Å². The van der Waals surface area contributed by atoms with E-state index in [0.29, 0.717) is 0 Å². The number of nitrogens with two attached hydrogens (primary N) is 11. The lowest BCUT2D eigenvalue weighted by Crippen LogP contribution is -2.62. The summed E-state index contributed by atoms with van der Waals surface area (Å²) in [6.07, 6.45) is -4.65. The Kier molecular flexibility index (Phi) is 63.9. The summed E-state index contributed by atoms with van der Waals surface area (Å²) in [6.45, 7) is 2.94. The second-order valence-electron chi connectivity index (χ2n) is 33.9. The van der Waals surface area contributed by atoms with Crippen molar-refractivity contribution in [1.82, 2.24) is 122 Å². The Morgan fingerprint density at radius 1 is 0.241 bits per heavy atom. The summed E-state index contributed by atoms with van der Waals surface area (Å²) in [5.41, 5.74) is 61.3. The molecule has 0 fully saturated rings. The standard InChI is InChI=1S/C81H155N43O21/c1-5-40(4)57(71(143)120-51(72(144)145)24-26-54(83)127)124-67(139)50(25-27-55(128)129)119-68(140)52(37-125)122-70(142)56(39(2)3)123-69(141)53(38-126)121-66(138)49(23-14-36-110-81(100)101)118-65(137)48(22-13-35-109-80(98)99)117-64(136)47(21-12-34-108-79(96)97)116-63(135)46(20-11-33-107-78(94)95)115-62(134)45(19-10-32-106-77(92)93)114-61(133)44(18-9-31-105-76(90)91)113-60(132)43(17-8-30-104-75(88)89)112-59(131)42(16-7-29-103-74(86)87)111-58(130)41(82)15-6-28-102-73(84)85/h39-53,56-57,125-126H,5-38,82H2,1-4H3,(H2,83,127)(H,111,130)(H,112,131)(H,113,132)(H,114,133)(H,115,134)(H,116,135)(H,117,136)(H,118,137)(H,119,140)(H,120,143)(H,121,138)(H,122,142)(H,123,141)(H,124,139)(H,128,129)(H,144,145)(H4,84,85,102)(H4,86,87,103)(H4,88,89,104)(H4,90,91,105)(H4,92,93,106)(H4,94,95,107)(H4,96,97,108)(H4,98,99,109)(H4,100,101,110)/t40-,41-,42-,43-,44-,45-,46-,47-,48-,49-,50-,51-,52-,53-,56-,57-/m0/s1. The molecule has 820 valence electrons. The summed E-state index contributed by atoms with van der Waals surface area (Å²) in [7, 11) is 0. The van der Waals surface area contributed by atoms with Gasteiger partial charge in [-0.25, -0.2) is 4.79 Å². The predicted molar refractivity (Wildman–Crippen MR) is 529 cm³/mol. The Morgan fingerprint density at radius 2 is 0.428 bits per heavy atom. The molecule has 0 spiro atoms. The van der Waals surface area contributed by atoms with E-state index in [2.05, 4.69) is 122 Å². The summed E-state index contributed by atoms with van der Waals surface area (Å²) in [6, 6.07) is -25.2. The number of carbonyl (C=O) groups is 17. The maximum Gasteiger partial charge on any atom is 0.326 e. The Balaban J connectivity index is 8.06. The first kappa shape index (κ1) is 129. The number of guanidine groups is 9. The van der Waals surface area contributed by atoms with E-state index >= 15 is 19.2 Å². The number of nitrogens with one attached hydrogen (secondary N) is 32. The van der Waals surface area contributed by atoms with Gasteiger partial charge in [0.05, 0.1) is 19.3 Å². The van der Waals surface area contributed by atoms with Crippen molar-refractivity contribution in [2.75, 3.05) is 72.1 Å². The van der Waals surface area contributed by atoms with Gasteiger partial charge in [-0.2, -0.15) is 0 Å². The Hall–Kier alpha value is -15.7. The van der Waals surface area contributed by atoms with E-state index in [1.54, 1.807) is 6.92 Å². The first-order valence-electron chi connectivity index (χ1n) is 46.9. The maximum atomic E-state index is 15.2. The lowest BCUT2D eigenvalue weighted by atomic mass is 9.96. The molecule has 0 aliphatic rings. The molecule has 0 aliphatic carbocycles. The molecule has 0 aromatic carbocycles. The second kappa shape index (κ2) is 71.7. The zero-order valence-electron chi connectivity index (χ0n) is 81.9. The molecule has 58 N–H and O–H groups in total. The number of carboxylic acid groups (broad SMARTS) is 2. The largest absolute Gasteiger partial charge is 0.481 e. The molecule has 0 radical (unpaired) electrons. The Labute approximate surface area is 836 Å². The molecule has 0 saturated heterocycles. The zero-order chi connectivity index (χ0) is 110. The summed E-state index contributed by atoms with van der Waals surface area (Å²) in [4.78, 5) is 238. The van der Waals surface area contributed by atoms with E-state index < -0.39 is 290 Å². The fraction of sp³-hybridized carbons (Fsp3) is 0.679. The van der Waals surface area contributed by atoms with Gasteiger partial charge in [0.2, 0.25) is 88.6 Å². The van der Waals surface area contributed by atoms with Crippen molar-refractivity contribution in [2.24, 2.45) is 74.9 Å². The number of rotatable bonds is 76. The van der Waals surface area contributed by atoms with Gasteiger partial charge in [0, 0.05) is 71.7 Å². The van der Waals surface area contributed by atoms with Crippen LogP contribution in [0.1, 0.15) is 175 Å². The van der Waals surface area contributed by atoms with Crippen LogP contribution in [0.25, 0.3) is 0 Å². The molecule has 64 nitrogen and oxygen atoms in total. The van der Waals surface area contributed by atoms with Crippen LogP contribution in [0.15, 0.2) is 0 Å². The van der Waals surface area contributed by atoms with Crippen LogP contribution in [0.4, 0.5) is 0 Å². The molecule has 15 amide bonds. The minimum atomic E-state index is -2.01. The van der Waals surface area contributed by atoms with Crippen LogP contribution in [0, 0.1) is 60.5 Å². The van der Waals surface area contributed by atoms with Gasteiger partial charge in [-0.15, -0.1) is 0 Å². The van der Waals surface area contributed by atoms with Crippen LogP contribution < -0.4 is 185 Å². The third-order valence-corrected chi connectivity index (χ3v) is 21.5. The van der Waals surface area contributed by atoms with E-state index in [-0.39, 0.29) is 187 Å². The second-order valence-corrected chi connectivity index (χ2v) is 33.9. The highest BCUT2D eigenvalue weighted by atomic mass is 16.4. The van der Waals surface area contributed by atoms with Gasteiger partial charge in [-0.1, -0.05) is 34.1 Å². The molecule has 0 aromatic heterocycles. The fourth-order valence-corrected chi connectivity index (χ4v) is 13.5. The third-order valence-electron chi connectivity index (χ3n) is 21.5. The van der Waals surface area contributed by atoms with Crippen LogP contribution >= 0.6 is 0 Å². The molecule has 0 aliphatic heterocycles. The number of carbonyl (C=O) groups excluding carboxylic acids is 15. The van der Waals surface area contributed by atoms with Gasteiger partial charge >= 0.3 is 11.9 Å². The Bertz CT molecular complexity index is 4340.